The molecule has 0 unspecified atom stereocenters. The van der Waals surface area contributed by atoms with Crippen molar-refractivity contribution in [2.75, 3.05) is 13.2 Å². The molecule has 1 aliphatic heterocycles. The van der Waals surface area contributed by atoms with Crippen LogP contribution < -0.4 is 0 Å². The highest BCUT2D eigenvalue weighted by molar-refractivity contribution is 4.43. The monoisotopic (exact) mass is 150 g/mol. The van der Waals surface area contributed by atoms with Crippen molar-refractivity contribution in [3.63, 3.8) is 0 Å². The first-order valence-corrected chi connectivity index (χ1v) is 3.49. The lowest BCUT2D eigenvalue weighted by molar-refractivity contribution is 0.198. The van der Waals surface area contributed by atoms with Gasteiger partial charge in [-0.3, -0.25) is 0 Å². The summed E-state index contributed by atoms with van der Waals surface area (Å²) in [4.78, 5) is 0. The van der Waals surface area contributed by atoms with Gasteiger partial charge in [0.2, 0.25) is 0 Å². The molecular weight excluding hydrogens is 132 g/mol. The van der Waals surface area contributed by atoms with Crippen molar-refractivity contribution >= 4 is 0 Å². The molecule has 0 radical (unpaired) electrons. The van der Waals surface area contributed by atoms with E-state index in [1.54, 1.807) is 13.8 Å². The maximum absolute atomic E-state index is 8.06. The van der Waals surface area contributed by atoms with E-state index in [0.29, 0.717) is 0 Å². The molecule has 10 heavy (non-hydrogen) atoms. The van der Waals surface area contributed by atoms with Gasteiger partial charge in [-0.2, -0.15) is 0 Å². The fourth-order valence-corrected chi connectivity index (χ4v) is 0.510. The van der Waals surface area contributed by atoms with Crippen molar-refractivity contribution in [1.29, 1.82) is 0 Å². The minimum atomic E-state index is -0.167. The maximum Gasteiger partial charge on any atom is 0.0483 e. The summed E-state index contributed by atoms with van der Waals surface area (Å²) in [5, 5.41) is 8.06. The molecule has 1 saturated heterocycles. The van der Waals surface area contributed by atoms with E-state index in [-0.39, 0.29) is 11.6 Å². The van der Waals surface area contributed by atoms with Crippen LogP contribution in [0.5, 0.6) is 0 Å². The van der Waals surface area contributed by atoms with Gasteiger partial charge in [0, 0.05) is 19.3 Å². The third kappa shape index (κ3) is 15.7. The van der Waals surface area contributed by atoms with Gasteiger partial charge < -0.3 is 15.3 Å². The van der Waals surface area contributed by atoms with E-state index >= 15 is 0 Å². The van der Waals surface area contributed by atoms with Crippen LogP contribution in [-0.2, 0) is 4.74 Å². The van der Waals surface area contributed by atoms with Gasteiger partial charge in [-0.1, -0.05) is 0 Å². The van der Waals surface area contributed by atoms with Crippen molar-refractivity contribution in [2.45, 2.75) is 32.8 Å². The lowest BCUT2D eigenvalue weighted by Crippen LogP contribution is -1.85. The van der Waals surface area contributed by atoms with Gasteiger partial charge in [0.05, 0.1) is 0 Å². The first-order chi connectivity index (χ1) is 4.23. The van der Waals surface area contributed by atoms with Gasteiger partial charge in [0.1, 0.15) is 0 Å². The van der Waals surface area contributed by atoms with Gasteiger partial charge >= 0.3 is 0 Å². The molecule has 3 heteroatoms. The molecule has 0 amide bonds. The third-order valence-electron chi connectivity index (χ3n) is 0.827. The molecule has 0 aromatic rings. The molecule has 0 atom stereocenters. The van der Waals surface area contributed by atoms with E-state index in [1.165, 1.54) is 12.8 Å². The molecule has 3 nitrogen and oxygen atoms in total. The molecule has 64 valence electrons. The fraction of sp³-hybridized carbons (Fsp3) is 1.00. The minimum absolute atomic E-state index is 0. The summed E-state index contributed by atoms with van der Waals surface area (Å²) in [6, 6.07) is 0. The van der Waals surface area contributed by atoms with E-state index in [0.717, 1.165) is 13.2 Å². The number of hydrogen-bond donors (Lipinski definition) is 1. The van der Waals surface area contributed by atoms with Crippen molar-refractivity contribution in [2.24, 2.45) is 0 Å². The first-order valence-electron chi connectivity index (χ1n) is 3.49. The molecule has 0 bridgehead atoms. The second kappa shape index (κ2) is 8.88. The smallest absolute Gasteiger partial charge is 0.0483 e. The fourth-order valence-electron chi connectivity index (χ4n) is 0.510. The zero-order valence-electron chi connectivity index (χ0n) is 6.76. The third-order valence-corrected chi connectivity index (χ3v) is 0.827. The normalized spacial score (nSPS) is 15.6. The van der Waals surface area contributed by atoms with Crippen LogP contribution in [0, 0.1) is 0 Å². The van der Waals surface area contributed by atoms with Gasteiger partial charge in [0.25, 0.3) is 0 Å². The highest BCUT2D eigenvalue weighted by atomic mass is 16.5. The van der Waals surface area contributed by atoms with Crippen LogP contribution in [0.4, 0.5) is 0 Å². The summed E-state index contributed by atoms with van der Waals surface area (Å²) in [6.45, 7) is 5.44. The van der Waals surface area contributed by atoms with E-state index in [9.17, 15) is 0 Å². The summed E-state index contributed by atoms with van der Waals surface area (Å²) in [6.07, 6.45) is 2.39. The highest BCUT2D eigenvalue weighted by Crippen LogP contribution is 1.98. The molecule has 0 saturated carbocycles. The van der Waals surface area contributed by atoms with E-state index < -0.39 is 0 Å². The molecule has 0 aromatic carbocycles. The quantitative estimate of drug-likeness (QED) is 0.542. The Labute approximate surface area is 62.3 Å². The second-order valence-electron chi connectivity index (χ2n) is 2.41. The summed E-state index contributed by atoms with van der Waals surface area (Å²) in [5.41, 5.74) is 0. The largest absolute Gasteiger partial charge is 0.412 e. The van der Waals surface area contributed by atoms with Crippen LogP contribution in [-0.4, -0.2) is 29.9 Å². The first kappa shape index (κ1) is 12.5. The molecular formula is C7H18O3. The molecule has 1 heterocycles. The van der Waals surface area contributed by atoms with E-state index in [2.05, 4.69) is 0 Å². The van der Waals surface area contributed by atoms with Crippen molar-refractivity contribution in [1.82, 2.24) is 0 Å². The maximum atomic E-state index is 8.06. The summed E-state index contributed by atoms with van der Waals surface area (Å²) < 4.78 is 4.94. The second-order valence-corrected chi connectivity index (χ2v) is 2.41. The Balaban J connectivity index is 0. The van der Waals surface area contributed by atoms with Crippen molar-refractivity contribution in [3.05, 3.63) is 0 Å². The summed E-state index contributed by atoms with van der Waals surface area (Å²) >= 11 is 0. The zero-order valence-corrected chi connectivity index (χ0v) is 6.76. The molecule has 0 aromatic heterocycles. The van der Waals surface area contributed by atoms with Crippen LogP contribution in [0.25, 0.3) is 0 Å². The minimum Gasteiger partial charge on any atom is -0.412 e. The molecule has 1 rings (SSSR count). The Bertz CT molecular complexity index is 40.4. The Morgan fingerprint density at radius 2 is 1.50 bits per heavy atom. The summed E-state index contributed by atoms with van der Waals surface area (Å²) in [5.74, 6) is 0. The Morgan fingerprint density at radius 1 is 1.20 bits per heavy atom. The van der Waals surface area contributed by atoms with Gasteiger partial charge in [-0.25, -0.2) is 0 Å². The van der Waals surface area contributed by atoms with Crippen LogP contribution in [0.1, 0.15) is 26.7 Å². The van der Waals surface area contributed by atoms with Crippen LogP contribution >= 0.6 is 0 Å². The topological polar surface area (TPSA) is 61.0 Å². The highest BCUT2D eigenvalue weighted by Gasteiger charge is 1.94. The van der Waals surface area contributed by atoms with E-state index in [4.69, 9.17) is 9.84 Å². The van der Waals surface area contributed by atoms with Crippen molar-refractivity contribution < 1.29 is 15.3 Å². The number of aliphatic hydroxyl groups excluding tert-OH is 1. The molecule has 0 spiro atoms. The standard InChI is InChI=1S/C4H8O.C3H8O.H2O/c1-2-4-5-3-1;1-3(2)4;/h1-4H2;3-4H,1-2H3;1H2. The van der Waals surface area contributed by atoms with Gasteiger partial charge in [-0.15, -0.1) is 0 Å². The molecule has 1 fully saturated rings. The predicted molar refractivity (Wildman–Crippen MR) is 41.0 cm³/mol. The molecule has 0 aliphatic carbocycles. The van der Waals surface area contributed by atoms with Crippen molar-refractivity contribution in [3.8, 4) is 0 Å². The van der Waals surface area contributed by atoms with Crippen LogP contribution in [0.3, 0.4) is 0 Å². The molecule has 3 N–H and O–H groups in total. The Hall–Kier alpha value is -0.120. The average Bonchev–Trinajstić information content (AvgIpc) is 2.11. The molecule has 1 aliphatic rings. The lowest BCUT2D eigenvalue weighted by Gasteiger charge is -1.80. The number of ether oxygens (including phenoxy) is 1. The van der Waals surface area contributed by atoms with E-state index in [1.807, 2.05) is 0 Å². The predicted octanol–water partition coefficient (Wildman–Crippen LogP) is 0.359. The lowest BCUT2D eigenvalue weighted by atomic mass is 10.4. The number of hydrogen-bond acceptors (Lipinski definition) is 2. The summed E-state index contributed by atoms with van der Waals surface area (Å²) in [7, 11) is 0. The number of rotatable bonds is 0. The van der Waals surface area contributed by atoms with Crippen LogP contribution in [0.15, 0.2) is 0 Å². The average molecular weight is 150 g/mol. The number of aliphatic hydroxyl groups is 1. The SMILES string of the molecule is C1CCOC1.CC(C)O.O. The Morgan fingerprint density at radius 3 is 1.60 bits per heavy atom. The van der Waals surface area contributed by atoms with Gasteiger partial charge in [0.15, 0.2) is 0 Å². The van der Waals surface area contributed by atoms with Gasteiger partial charge in [-0.05, 0) is 26.7 Å². The Kier molecular flexibility index (Phi) is 11.1. The van der Waals surface area contributed by atoms with Crippen LogP contribution in [0.2, 0.25) is 0 Å². The zero-order chi connectivity index (χ0) is 7.11.